The lowest BCUT2D eigenvalue weighted by Gasteiger charge is -2.21. The summed E-state index contributed by atoms with van der Waals surface area (Å²) in [5.41, 5.74) is 0.303. The van der Waals surface area contributed by atoms with E-state index in [4.69, 9.17) is 5.26 Å². The highest BCUT2D eigenvalue weighted by Gasteiger charge is 2.21. The Bertz CT molecular complexity index is 398. The minimum Gasteiger partial charge on any atom is -0.391 e. The van der Waals surface area contributed by atoms with E-state index in [-0.39, 0.29) is 12.1 Å². The Balaban J connectivity index is 2.01. The van der Waals surface area contributed by atoms with Crippen molar-refractivity contribution in [2.45, 2.75) is 44.2 Å². The molecule has 0 amide bonds. The molecular formula is C12H16N4O. The number of hydrogen-bond donors (Lipinski definition) is 2. The predicted octanol–water partition coefficient (Wildman–Crippen LogP) is 1.45. The Morgan fingerprint density at radius 1 is 1.24 bits per heavy atom. The summed E-state index contributed by atoms with van der Waals surface area (Å²) in [6.45, 7) is 0. The predicted molar refractivity (Wildman–Crippen MR) is 63.2 cm³/mol. The second kappa shape index (κ2) is 5.60. The van der Waals surface area contributed by atoms with E-state index in [2.05, 4.69) is 15.3 Å². The van der Waals surface area contributed by atoms with Crippen molar-refractivity contribution in [2.75, 3.05) is 5.32 Å². The molecular weight excluding hydrogens is 216 g/mol. The summed E-state index contributed by atoms with van der Waals surface area (Å²) in [4.78, 5) is 8.04. The van der Waals surface area contributed by atoms with Gasteiger partial charge in [0.05, 0.1) is 24.5 Å². The molecule has 2 rings (SSSR count). The zero-order valence-corrected chi connectivity index (χ0v) is 9.63. The van der Waals surface area contributed by atoms with Crippen molar-refractivity contribution in [3.05, 3.63) is 18.1 Å². The summed E-state index contributed by atoms with van der Waals surface area (Å²) in [5.74, 6) is 0.620. The maximum atomic E-state index is 9.95. The molecule has 0 radical (unpaired) electrons. The first-order valence-electron chi connectivity index (χ1n) is 5.96. The van der Waals surface area contributed by atoms with Gasteiger partial charge in [-0.05, 0) is 12.8 Å². The third-order valence-electron chi connectivity index (χ3n) is 3.08. The maximum absolute atomic E-state index is 9.95. The molecule has 90 valence electrons. The van der Waals surface area contributed by atoms with E-state index in [1.54, 1.807) is 0 Å². The quantitative estimate of drug-likeness (QED) is 0.754. The second-order valence-electron chi connectivity index (χ2n) is 4.35. The van der Waals surface area contributed by atoms with Crippen molar-refractivity contribution in [3.63, 3.8) is 0 Å². The van der Waals surface area contributed by atoms with Crippen molar-refractivity contribution in [1.29, 1.82) is 5.26 Å². The molecule has 17 heavy (non-hydrogen) atoms. The monoisotopic (exact) mass is 232 g/mol. The van der Waals surface area contributed by atoms with Crippen LogP contribution < -0.4 is 5.32 Å². The minimum atomic E-state index is -0.324. The van der Waals surface area contributed by atoms with Crippen LogP contribution >= 0.6 is 0 Å². The highest BCUT2D eigenvalue weighted by atomic mass is 16.3. The highest BCUT2D eigenvalue weighted by Crippen LogP contribution is 2.20. The maximum Gasteiger partial charge on any atom is 0.158 e. The van der Waals surface area contributed by atoms with Gasteiger partial charge in [0.25, 0.3) is 0 Å². The first kappa shape index (κ1) is 11.8. The van der Waals surface area contributed by atoms with Crippen molar-refractivity contribution in [1.82, 2.24) is 9.97 Å². The first-order chi connectivity index (χ1) is 8.29. The van der Waals surface area contributed by atoms with Crippen LogP contribution in [0.3, 0.4) is 0 Å². The minimum absolute atomic E-state index is 0.0414. The normalized spacial score (nSPS) is 24.7. The van der Waals surface area contributed by atoms with E-state index in [1.807, 2.05) is 6.07 Å². The molecule has 1 heterocycles. The van der Waals surface area contributed by atoms with E-state index in [1.165, 1.54) is 18.8 Å². The van der Waals surface area contributed by atoms with Gasteiger partial charge < -0.3 is 10.4 Å². The van der Waals surface area contributed by atoms with E-state index in [9.17, 15) is 5.11 Å². The van der Waals surface area contributed by atoms with Gasteiger partial charge in [-0.2, -0.15) is 5.26 Å². The van der Waals surface area contributed by atoms with Gasteiger partial charge in [-0.25, -0.2) is 9.97 Å². The molecule has 1 aliphatic rings. The van der Waals surface area contributed by atoms with Gasteiger partial charge in [0.15, 0.2) is 5.69 Å². The van der Waals surface area contributed by atoms with Gasteiger partial charge in [0.2, 0.25) is 0 Å². The summed E-state index contributed by atoms with van der Waals surface area (Å²) in [6.07, 6.45) is 7.81. The van der Waals surface area contributed by atoms with Crippen molar-refractivity contribution in [3.8, 4) is 6.07 Å². The molecule has 5 nitrogen and oxygen atoms in total. The summed E-state index contributed by atoms with van der Waals surface area (Å²) in [6, 6.07) is 1.97. The molecule has 5 heteroatoms. The molecule has 2 atom stereocenters. The molecule has 1 saturated carbocycles. The molecule has 0 bridgehead atoms. The third-order valence-corrected chi connectivity index (χ3v) is 3.08. The zero-order valence-electron chi connectivity index (χ0n) is 9.63. The highest BCUT2D eigenvalue weighted by molar-refractivity contribution is 5.34. The number of aliphatic hydroxyl groups excluding tert-OH is 1. The SMILES string of the molecule is N#Cc1cnc(NC2CCCCCC2O)cn1. The van der Waals surface area contributed by atoms with Crippen LogP contribution in [0.1, 0.15) is 37.8 Å². The fraction of sp³-hybridized carbons (Fsp3) is 0.583. The van der Waals surface area contributed by atoms with Crippen LogP contribution in [-0.4, -0.2) is 27.2 Å². The summed E-state index contributed by atoms with van der Waals surface area (Å²) in [7, 11) is 0. The molecule has 2 unspecified atom stereocenters. The number of aliphatic hydroxyl groups is 1. The number of rotatable bonds is 2. The Morgan fingerprint density at radius 2 is 2.06 bits per heavy atom. The van der Waals surface area contributed by atoms with Crippen molar-refractivity contribution in [2.24, 2.45) is 0 Å². The van der Waals surface area contributed by atoms with Crippen molar-refractivity contribution < 1.29 is 5.11 Å². The lowest BCUT2D eigenvalue weighted by Crippen LogP contribution is -2.32. The largest absolute Gasteiger partial charge is 0.391 e. The van der Waals surface area contributed by atoms with Gasteiger partial charge in [0, 0.05) is 0 Å². The average Bonchev–Trinajstić information content (AvgIpc) is 2.56. The van der Waals surface area contributed by atoms with Crippen LogP contribution in [-0.2, 0) is 0 Å². The van der Waals surface area contributed by atoms with E-state index >= 15 is 0 Å². The Hall–Kier alpha value is -1.67. The molecule has 1 fully saturated rings. The van der Waals surface area contributed by atoms with Gasteiger partial charge in [-0.3, -0.25) is 0 Å². The van der Waals surface area contributed by atoms with E-state index < -0.39 is 0 Å². The van der Waals surface area contributed by atoms with E-state index in [0.29, 0.717) is 11.5 Å². The number of nitrogens with one attached hydrogen (secondary N) is 1. The van der Waals surface area contributed by atoms with Crippen LogP contribution in [0.15, 0.2) is 12.4 Å². The smallest absolute Gasteiger partial charge is 0.158 e. The number of nitrogens with zero attached hydrogens (tertiary/aromatic N) is 3. The first-order valence-corrected chi connectivity index (χ1v) is 5.96. The molecule has 0 saturated heterocycles. The fourth-order valence-electron chi connectivity index (χ4n) is 2.11. The molecule has 1 aromatic rings. The standard InChI is InChI=1S/C12H16N4O/c13-6-9-7-15-12(8-14-9)16-10-4-2-1-3-5-11(10)17/h7-8,10-11,17H,1-5H2,(H,15,16). The summed E-state index contributed by atoms with van der Waals surface area (Å²) >= 11 is 0. The van der Waals surface area contributed by atoms with Crippen LogP contribution in [0.4, 0.5) is 5.82 Å². The van der Waals surface area contributed by atoms with Gasteiger partial charge in [-0.15, -0.1) is 0 Å². The van der Waals surface area contributed by atoms with Gasteiger partial charge in [-0.1, -0.05) is 19.3 Å². The Kier molecular flexibility index (Phi) is 3.89. The molecule has 1 aliphatic carbocycles. The van der Waals surface area contributed by atoms with Gasteiger partial charge in [0.1, 0.15) is 11.9 Å². The number of hydrogen-bond acceptors (Lipinski definition) is 5. The lowest BCUT2D eigenvalue weighted by atomic mass is 10.1. The topological polar surface area (TPSA) is 81.8 Å². The molecule has 0 spiro atoms. The molecule has 2 N–H and O–H groups in total. The number of nitriles is 1. The Morgan fingerprint density at radius 3 is 2.76 bits per heavy atom. The second-order valence-corrected chi connectivity index (χ2v) is 4.35. The Labute approximate surface area is 101 Å². The van der Waals surface area contributed by atoms with Crippen LogP contribution in [0.5, 0.6) is 0 Å². The lowest BCUT2D eigenvalue weighted by molar-refractivity contribution is 0.144. The molecule has 0 aromatic carbocycles. The van der Waals surface area contributed by atoms with Crippen molar-refractivity contribution >= 4 is 5.82 Å². The van der Waals surface area contributed by atoms with Crippen LogP contribution in [0.2, 0.25) is 0 Å². The zero-order chi connectivity index (χ0) is 12.1. The summed E-state index contributed by atoms with van der Waals surface area (Å²) in [5, 5.41) is 21.8. The molecule has 1 aromatic heterocycles. The summed E-state index contributed by atoms with van der Waals surface area (Å²) < 4.78 is 0. The van der Waals surface area contributed by atoms with Gasteiger partial charge >= 0.3 is 0 Å². The number of aromatic nitrogens is 2. The number of anilines is 1. The third kappa shape index (κ3) is 3.14. The van der Waals surface area contributed by atoms with E-state index in [0.717, 1.165) is 25.7 Å². The van der Waals surface area contributed by atoms with Crippen LogP contribution in [0.25, 0.3) is 0 Å². The fourth-order valence-corrected chi connectivity index (χ4v) is 2.11. The average molecular weight is 232 g/mol. The molecule has 0 aliphatic heterocycles. The van der Waals surface area contributed by atoms with Crippen LogP contribution in [0, 0.1) is 11.3 Å².